The molecule has 6 heteroatoms. The van der Waals surface area contributed by atoms with Crippen molar-refractivity contribution < 1.29 is 9.53 Å². The molecule has 0 spiro atoms. The van der Waals surface area contributed by atoms with Crippen LogP contribution in [0.5, 0.6) is 0 Å². The second kappa shape index (κ2) is 6.32. The largest absolute Gasteiger partial charge is 0.461 e. The number of pyridine rings is 1. The van der Waals surface area contributed by atoms with E-state index in [1.54, 1.807) is 12.3 Å². The van der Waals surface area contributed by atoms with Crippen LogP contribution in [0.2, 0.25) is 0 Å². The summed E-state index contributed by atoms with van der Waals surface area (Å²) < 4.78 is 5.24. The zero-order chi connectivity index (χ0) is 15.5. The van der Waals surface area contributed by atoms with Crippen LogP contribution >= 0.6 is 0 Å². The summed E-state index contributed by atoms with van der Waals surface area (Å²) in [5, 5.41) is 12.1. The number of likely N-dealkylation sites (tertiary alicyclic amines) is 1. The number of cyclic esters (lactones) is 1. The Balaban J connectivity index is 1.49. The number of aromatic nitrogens is 1. The molecule has 2 aliphatic rings. The van der Waals surface area contributed by atoms with Crippen LogP contribution in [0, 0.1) is 17.2 Å². The van der Waals surface area contributed by atoms with Gasteiger partial charge >= 0.3 is 5.97 Å². The van der Waals surface area contributed by atoms with E-state index in [1.807, 2.05) is 13.0 Å². The molecule has 1 aromatic heterocycles. The van der Waals surface area contributed by atoms with Crippen molar-refractivity contribution in [3.05, 3.63) is 23.9 Å². The third kappa shape index (κ3) is 3.20. The minimum Gasteiger partial charge on any atom is -0.461 e. The van der Waals surface area contributed by atoms with Gasteiger partial charge in [-0.05, 0) is 37.9 Å². The Kier molecular flexibility index (Phi) is 4.25. The van der Waals surface area contributed by atoms with Gasteiger partial charge in [0.15, 0.2) is 0 Å². The number of hydrogen-bond donors (Lipinski definition) is 1. The third-order valence-corrected chi connectivity index (χ3v) is 4.37. The second-order valence-corrected chi connectivity index (χ2v) is 6.07. The molecule has 3 atom stereocenters. The number of hydrogen-bond acceptors (Lipinski definition) is 6. The molecule has 0 aromatic carbocycles. The summed E-state index contributed by atoms with van der Waals surface area (Å²) in [5.74, 6) is 1.21. The first kappa shape index (κ1) is 14.8. The number of anilines is 1. The highest BCUT2D eigenvalue weighted by molar-refractivity contribution is 5.78. The van der Waals surface area contributed by atoms with Crippen molar-refractivity contribution in [1.29, 1.82) is 5.26 Å². The molecule has 1 aromatic rings. The van der Waals surface area contributed by atoms with Gasteiger partial charge in [-0.3, -0.25) is 9.69 Å². The number of nitriles is 1. The van der Waals surface area contributed by atoms with Gasteiger partial charge in [0.2, 0.25) is 0 Å². The van der Waals surface area contributed by atoms with Crippen LogP contribution in [0.3, 0.4) is 0 Å². The minimum atomic E-state index is -0.0742. The van der Waals surface area contributed by atoms with E-state index in [0.717, 1.165) is 38.3 Å². The van der Waals surface area contributed by atoms with Gasteiger partial charge in [0, 0.05) is 25.7 Å². The molecule has 2 saturated heterocycles. The van der Waals surface area contributed by atoms with Gasteiger partial charge in [0.25, 0.3) is 0 Å². The summed E-state index contributed by atoms with van der Waals surface area (Å²) in [4.78, 5) is 18.3. The van der Waals surface area contributed by atoms with E-state index in [9.17, 15) is 4.79 Å². The summed E-state index contributed by atoms with van der Waals surface area (Å²) in [5.41, 5.74) is 0.562. The van der Waals surface area contributed by atoms with Crippen LogP contribution in [0.25, 0.3) is 0 Å². The molecule has 0 unspecified atom stereocenters. The van der Waals surface area contributed by atoms with E-state index in [2.05, 4.69) is 21.3 Å². The predicted molar refractivity (Wildman–Crippen MR) is 81.1 cm³/mol. The SMILES string of the molecule is C[C@@H]1C[C@H](N2CC[C@H](CNc3ccc(C#N)cn3)C2)C(=O)O1. The summed E-state index contributed by atoms with van der Waals surface area (Å²) in [6.45, 7) is 4.63. The number of carbonyl (C=O) groups is 1. The summed E-state index contributed by atoms with van der Waals surface area (Å²) in [7, 11) is 0. The summed E-state index contributed by atoms with van der Waals surface area (Å²) >= 11 is 0. The van der Waals surface area contributed by atoms with Gasteiger partial charge in [-0.15, -0.1) is 0 Å². The lowest BCUT2D eigenvalue weighted by Gasteiger charge is -2.20. The zero-order valence-electron chi connectivity index (χ0n) is 12.7. The van der Waals surface area contributed by atoms with Gasteiger partial charge in [-0.2, -0.15) is 5.26 Å². The van der Waals surface area contributed by atoms with Crippen molar-refractivity contribution in [2.75, 3.05) is 25.0 Å². The Hall–Kier alpha value is -2.13. The molecule has 0 bridgehead atoms. The van der Waals surface area contributed by atoms with Crippen LogP contribution < -0.4 is 5.32 Å². The maximum absolute atomic E-state index is 11.8. The summed E-state index contributed by atoms with van der Waals surface area (Å²) in [6.07, 6.45) is 3.48. The van der Waals surface area contributed by atoms with Gasteiger partial charge in [-0.25, -0.2) is 4.98 Å². The lowest BCUT2D eigenvalue weighted by Crippen LogP contribution is -2.37. The number of nitrogens with zero attached hydrogens (tertiary/aromatic N) is 3. The average Bonchev–Trinajstić information content (AvgIpc) is 3.12. The molecule has 6 nitrogen and oxygen atoms in total. The van der Waals surface area contributed by atoms with Gasteiger partial charge in [0.1, 0.15) is 24.0 Å². The first-order chi connectivity index (χ1) is 10.7. The molecule has 22 heavy (non-hydrogen) atoms. The van der Waals surface area contributed by atoms with Crippen LogP contribution in [-0.2, 0) is 9.53 Å². The molecule has 0 amide bonds. The van der Waals surface area contributed by atoms with Crippen molar-refractivity contribution in [2.45, 2.75) is 31.9 Å². The number of esters is 1. The highest BCUT2D eigenvalue weighted by atomic mass is 16.6. The Bertz CT molecular complexity index is 581. The minimum absolute atomic E-state index is 0.0394. The third-order valence-electron chi connectivity index (χ3n) is 4.37. The number of rotatable bonds is 4. The number of nitrogens with one attached hydrogen (secondary N) is 1. The fourth-order valence-electron chi connectivity index (χ4n) is 3.16. The number of carbonyl (C=O) groups excluding carboxylic acids is 1. The highest BCUT2D eigenvalue weighted by Crippen LogP contribution is 2.26. The average molecular weight is 300 g/mol. The van der Waals surface area contributed by atoms with Crippen LogP contribution in [0.1, 0.15) is 25.3 Å². The van der Waals surface area contributed by atoms with E-state index < -0.39 is 0 Å². The van der Waals surface area contributed by atoms with Crippen molar-refractivity contribution in [2.24, 2.45) is 5.92 Å². The highest BCUT2D eigenvalue weighted by Gasteiger charge is 2.39. The van der Waals surface area contributed by atoms with E-state index in [4.69, 9.17) is 10.00 Å². The molecule has 3 rings (SSSR count). The first-order valence-electron chi connectivity index (χ1n) is 7.70. The lowest BCUT2D eigenvalue weighted by molar-refractivity contribution is -0.144. The Morgan fingerprint density at radius 2 is 2.41 bits per heavy atom. The van der Waals surface area contributed by atoms with E-state index in [-0.39, 0.29) is 18.1 Å². The zero-order valence-corrected chi connectivity index (χ0v) is 12.7. The molecule has 1 N–H and O–H groups in total. The Morgan fingerprint density at radius 3 is 3.05 bits per heavy atom. The van der Waals surface area contributed by atoms with E-state index in [1.165, 1.54) is 0 Å². The molecule has 116 valence electrons. The lowest BCUT2D eigenvalue weighted by atomic mass is 10.1. The smallest absolute Gasteiger partial charge is 0.323 e. The monoisotopic (exact) mass is 300 g/mol. The van der Waals surface area contributed by atoms with Crippen LogP contribution in [0.15, 0.2) is 18.3 Å². The van der Waals surface area contributed by atoms with Crippen LogP contribution in [0.4, 0.5) is 5.82 Å². The standard InChI is InChI=1S/C16H20N4O2/c1-11-6-14(16(21)22-11)20-5-4-13(10-20)9-19-15-3-2-12(7-17)8-18-15/h2-3,8,11,13-14H,4-6,9-10H2,1H3,(H,18,19)/t11-,13-,14+/m1/s1. The normalized spacial score (nSPS) is 28.4. The van der Waals surface area contributed by atoms with Gasteiger partial charge < -0.3 is 10.1 Å². The van der Waals surface area contributed by atoms with E-state index >= 15 is 0 Å². The molecule has 0 saturated carbocycles. The fourth-order valence-corrected chi connectivity index (χ4v) is 3.16. The molecular weight excluding hydrogens is 280 g/mol. The maximum atomic E-state index is 11.8. The Labute approximate surface area is 130 Å². The van der Waals surface area contributed by atoms with Gasteiger partial charge in [0.05, 0.1) is 5.56 Å². The molecular formula is C16H20N4O2. The quantitative estimate of drug-likeness (QED) is 0.847. The molecule has 2 fully saturated rings. The molecule has 0 aliphatic carbocycles. The summed E-state index contributed by atoms with van der Waals surface area (Å²) in [6, 6.07) is 5.57. The fraction of sp³-hybridized carbons (Fsp3) is 0.562. The van der Waals surface area contributed by atoms with Crippen molar-refractivity contribution in [3.63, 3.8) is 0 Å². The van der Waals surface area contributed by atoms with E-state index in [0.29, 0.717) is 11.5 Å². The van der Waals surface area contributed by atoms with Crippen molar-refractivity contribution >= 4 is 11.8 Å². The second-order valence-electron chi connectivity index (χ2n) is 6.07. The topological polar surface area (TPSA) is 78.3 Å². The molecule has 3 heterocycles. The maximum Gasteiger partial charge on any atom is 0.323 e. The van der Waals surface area contributed by atoms with Crippen molar-refractivity contribution in [1.82, 2.24) is 9.88 Å². The van der Waals surface area contributed by atoms with Crippen LogP contribution in [-0.4, -0.2) is 47.6 Å². The Morgan fingerprint density at radius 1 is 1.55 bits per heavy atom. The molecule has 0 radical (unpaired) electrons. The number of ether oxygens (including phenoxy) is 1. The predicted octanol–water partition coefficient (Wildman–Crippen LogP) is 1.39. The van der Waals surface area contributed by atoms with Gasteiger partial charge in [-0.1, -0.05) is 0 Å². The first-order valence-corrected chi connectivity index (χ1v) is 7.70. The molecule has 2 aliphatic heterocycles. The van der Waals surface area contributed by atoms with Crippen molar-refractivity contribution in [3.8, 4) is 6.07 Å².